The third-order valence-corrected chi connectivity index (χ3v) is 6.78. The summed E-state index contributed by atoms with van der Waals surface area (Å²) in [5.41, 5.74) is 4.06. The van der Waals surface area contributed by atoms with Gasteiger partial charge in [-0.25, -0.2) is 0 Å². The highest BCUT2D eigenvalue weighted by Crippen LogP contribution is 2.37. The molecule has 0 spiro atoms. The van der Waals surface area contributed by atoms with E-state index in [9.17, 15) is 18.0 Å². The summed E-state index contributed by atoms with van der Waals surface area (Å²) < 4.78 is 54.3. The summed E-state index contributed by atoms with van der Waals surface area (Å²) in [5, 5.41) is 1.90. The molecule has 1 saturated heterocycles. The SMILES string of the molecule is CCOc1cccc(-c2cc(OC)c(CN3CCN(c4ccc(C(=O)NCC(F)(F)F)cc4)CC3)c(OC)c2)c1. The third kappa shape index (κ3) is 7.38. The summed E-state index contributed by atoms with van der Waals surface area (Å²) in [6, 6.07) is 18.6. The Morgan fingerprint density at radius 1 is 0.900 bits per heavy atom. The molecule has 0 radical (unpaired) electrons. The number of carbonyl (C=O) groups excluding carboxylic acids is 1. The van der Waals surface area contributed by atoms with Crippen molar-refractivity contribution in [3.8, 4) is 28.4 Å². The molecule has 4 rings (SSSR count). The van der Waals surface area contributed by atoms with Gasteiger partial charge in [0, 0.05) is 44.0 Å². The monoisotopic (exact) mass is 557 g/mol. The molecular formula is C30H34F3N3O4. The molecule has 0 atom stereocenters. The van der Waals surface area contributed by atoms with Crippen molar-refractivity contribution in [2.75, 3.05) is 58.5 Å². The highest BCUT2D eigenvalue weighted by molar-refractivity contribution is 5.94. The fourth-order valence-electron chi connectivity index (χ4n) is 4.73. The minimum Gasteiger partial charge on any atom is -0.496 e. The lowest BCUT2D eigenvalue weighted by Crippen LogP contribution is -2.46. The number of methoxy groups -OCH3 is 2. The lowest BCUT2D eigenvalue weighted by molar-refractivity contribution is -0.123. The van der Waals surface area contributed by atoms with Crippen molar-refractivity contribution < 1.29 is 32.2 Å². The van der Waals surface area contributed by atoms with Crippen LogP contribution in [-0.4, -0.2) is 70.5 Å². The molecule has 3 aromatic carbocycles. The molecule has 0 aliphatic carbocycles. The first-order chi connectivity index (χ1) is 19.2. The van der Waals surface area contributed by atoms with Crippen LogP contribution in [0.5, 0.6) is 17.2 Å². The average Bonchev–Trinajstić information content (AvgIpc) is 2.96. The Kier molecular flexibility index (Phi) is 9.42. The Labute approximate surface area is 232 Å². The smallest absolute Gasteiger partial charge is 0.405 e. The molecule has 1 amide bonds. The number of benzene rings is 3. The zero-order chi connectivity index (χ0) is 28.7. The van der Waals surface area contributed by atoms with E-state index in [1.807, 2.05) is 48.6 Å². The minimum absolute atomic E-state index is 0.193. The molecule has 1 fully saturated rings. The Morgan fingerprint density at radius 3 is 2.12 bits per heavy atom. The lowest BCUT2D eigenvalue weighted by atomic mass is 10.0. The van der Waals surface area contributed by atoms with Crippen molar-refractivity contribution in [2.24, 2.45) is 0 Å². The predicted octanol–water partition coefficient (Wildman–Crippen LogP) is 5.38. The number of rotatable bonds is 10. The van der Waals surface area contributed by atoms with Gasteiger partial charge in [-0.05, 0) is 66.6 Å². The average molecular weight is 558 g/mol. The van der Waals surface area contributed by atoms with Crippen LogP contribution in [0.2, 0.25) is 0 Å². The number of hydrogen-bond acceptors (Lipinski definition) is 6. The van der Waals surface area contributed by atoms with Crippen molar-refractivity contribution in [1.29, 1.82) is 0 Å². The fraction of sp³-hybridized carbons (Fsp3) is 0.367. The second kappa shape index (κ2) is 13.0. The maximum absolute atomic E-state index is 12.4. The van der Waals surface area contributed by atoms with Gasteiger partial charge in [-0.3, -0.25) is 9.69 Å². The Morgan fingerprint density at radius 2 is 1.55 bits per heavy atom. The maximum Gasteiger partial charge on any atom is 0.405 e. The maximum atomic E-state index is 12.4. The number of ether oxygens (including phenoxy) is 3. The van der Waals surface area contributed by atoms with E-state index in [2.05, 4.69) is 9.80 Å². The number of hydrogen-bond donors (Lipinski definition) is 1. The summed E-state index contributed by atoms with van der Waals surface area (Å²) in [6.07, 6.45) is -4.44. The Balaban J connectivity index is 1.40. The van der Waals surface area contributed by atoms with Gasteiger partial charge >= 0.3 is 6.18 Å². The first kappa shape index (κ1) is 29.1. The first-order valence-electron chi connectivity index (χ1n) is 13.1. The van der Waals surface area contributed by atoms with E-state index < -0.39 is 18.6 Å². The van der Waals surface area contributed by atoms with Crippen LogP contribution in [0.25, 0.3) is 11.1 Å². The molecular weight excluding hydrogens is 523 g/mol. The Bertz CT molecular complexity index is 1270. The quantitative estimate of drug-likeness (QED) is 0.361. The molecule has 0 unspecified atom stereocenters. The zero-order valence-corrected chi connectivity index (χ0v) is 22.9. The molecule has 10 heteroatoms. The van der Waals surface area contributed by atoms with Crippen LogP contribution in [-0.2, 0) is 6.54 Å². The normalized spacial score (nSPS) is 14.1. The molecule has 0 aromatic heterocycles. The standard InChI is InChI=1S/C30H34F3N3O4/c1-4-40-25-7-5-6-22(16-25)23-17-27(38-2)26(28(18-23)39-3)19-35-12-14-36(15-13-35)24-10-8-21(9-11-24)29(37)34-20-30(31,32)33/h5-11,16-18H,4,12-15,19-20H2,1-3H3,(H,34,37). The van der Waals surface area contributed by atoms with Crippen LogP contribution in [0.1, 0.15) is 22.8 Å². The molecule has 40 heavy (non-hydrogen) atoms. The molecule has 1 N–H and O–H groups in total. The number of nitrogens with one attached hydrogen (secondary N) is 1. The number of piperazine rings is 1. The lowest BCUT2D eigenvalue weighted by Gasteiger charge is -2.36. The molecule has 0 bridgehead atoms. The number of carbonyl (C=O) groups is 1. The van der Waals surface area contributed by atoms with E-state index >= 15 is 0 Å². The summed E-state index contributed by atoms with van der Waals surface area (Å²) in [7, 11) is 3.31. The molecule has 1 heterocycles. The van der Waals surface area contributed by atoms with Gasteiger partial charge in [-0.2, -0.15) is 13.2 Å². The number of halogens is 3. The van der Waals surface area contributed by atoms with Crippen molar-refractivity contribution in [3.05, 3.63) is 71.8 Å². The molecule has 7 nitrogen and oxygen atoms in total. The number of anilines is 1. The summed E-state index contributed by atoms with van der Waals surface area (Å²) in [5.74, 6) is 1.56. The number of amides is 1. The molecule has 0 saturated carbocycles. The second-order valence-electron chi connectivity index (χ2n) is 9.43. The molecule has 3 aromatic rings. The van der Waals surface area contributed by atoms with Crippen LogP contribution < -0.4 is 24.4 Å². The largest absolute Gasteiger partial charge is 0.496 e. The van der Waals surface area contributed by atoms with Gasteiger partial charge in [-0.15, -0.1) is 0 Å². The minimum atomic E-state index is -4.44. The molecule has 1 aliphatic heterocycles. The Hall–Kier alpha value is -3.92. The van der Waals surface area contributed by atoms with E-state index in [4.69, 9.17) is 14.2 Å². The van der Waals surface area contributed by atoms with E-state index in [1.54, 1.807) is 38.5 Å². The van der Waals surface area contributed by atoms with Crippen molar-refractivity contribution in [3.63, 3.8) is 0 Å². The second-order valence-corrected chi connectivity index (χ2v) is 9.43. The van der Waals surface area contributed by atoms with E-state index in [0.29, 0.717) is 13.2 Å². The summed E-state index contributed by atoms with van der Waals surface area (Å²) in [6.45, 7) is 4.94. The highest BCUT2D eigenvalue weighted by atomic mass is 19.4. The van der Waals surface area contributed by atoms with Crippen molar-refractivity contribution in [2.45, 2.75) is 19.6 Å². The molecule has 214 valence electrons. The van der Waals surface area contributed by atoms with Gasteiger partial charge in [0.25, 0.3) is 5.91 Å². The van der Waals surface area contributed by atoms with Gasteiger partial charge in [-0.1, -0.05) is 12.1 Å². The van der Waals surface area contributed by atoms with Crippen molar-refractivity contribution in [1.82, 2.24) is 10.2 Å². The topological polar surface area (TPSA) is 63.3 Å². The van der Waals surface area contributed by atoms with Crippen LogP contribution in [0.15, 0.2) is 60.7 Å². The van der Waals surface area contributed by atoms with Crippen LogP contribution in [0, 0.1) is 0 Å². The fourth-order valence-corrected chi connectivity index (χ4v) is 4.73. The number of alkyl halides is 3. The van der Waals surface area contributed by atoms with E-state index in [1.165, 1.54) is 0 Å². The van der Waals surface area contributed by atoms with Crippen LogP contribution in [0.3, 0.4) is 0 Å². The predicted molar refractivity (Wildman–Crippen MR) is 148 cm³/mol. The van der Waals surface area contributed by atoms with Gasteiger partial charge in [0.15, 0.2) is 0 Å². The summed E-state index contributed by atoms with van der Waals surface area (Å²) in [4.78, 5) is 16.5. The van der Waals surface area contributed by atoms with E-state index in [-0.39, 0.29) is 5.56 Å². The third-order valence-electron chi connectivity index (χ3n) is 6.78. The van der Waals surface area contributed by atoms with E-state index in [0.717, 1.165) is 65.8 Å². The zero-order valence-electron chi connectivity index (χ0n) is 22.9. The van der Waals surface area contributed by atoms with Gasteiger partial charge in [0.2, 0.25) is 0 Å². The summed E-state index contributed by atoms with van der Waals surface area (Å²) >= 11 is 0. The molecule has 1 aliphatic rings. The van der Waals surface area contributed by atoms with Crippen LogP contribution >= 0.6 is 0 Å². The van der Waals surface area contributed by atoms with Gasteiger partial charge in [0.05, 0.1) is 26.4 Å². The van der Waals surface area contributed by atoms with Crippen LogP contribution in [0.4, 0.5) is 18.9 Å². The van der Waals surface area contributed by atoms with Crippen molar-refractivity contribution >= 4 is 11.6 Å². The van der Waals surface area contributed by atoms with Gasteiger partial charge in [0.1, 0.15) is 23.8 Å². The number of nitrogens with zero attached hydrogens (tertiary/aromatic N) is 2. The van der Waals surface area contributed by atoms with Gasteiger partial charge < -0.3 is 24.4 Å². The highest BCUT2D eigenvalue weighted by Gasteiger charge is 2.28. The first-order valence-corrected chi connectivity index (χ1v) is 13.1.